The SMILES string of the molecule is OC1(C2=CCCCCC2)CCOCC1. The van der Waals surface area contributed by atoms with E-state index in [9.17, 15) is 5.11 Å². The van der Waals surface area contributed by atoms with Crippen molar-refractivity contribution < 1.29 is 9.84 Å². The topological polar surface area (TPSA) is 29.5 Å². The van der Waals surface area contributed by atoms with Crippen LogP contribution >= 0.6 is 0 Å². The normalized spacial score (nSPS) is 27.9. The van der Waals surface area contributed by atoms with Gasteiger partial charge in [0.1, 0.15) is 0 Å². The first-order valence-corrected chi connectivity index (χ1v) is 5.81. The van der Waals surface area contributed by atoms with E-state index in [-0.39, 0.29) is 0 Å². The summed E-state index contributed by atoms with van der Waals surface area (Å²) in [6.07, 6.45) is 9.95. The summed E-state index contributed by atoms with van der Waals surface area (Å²) in [5.74, 6) is 0. The van der Waals surface area contributed by atoms with Crippen molar-refractivity contribution in [3.63, 3.8) is 0 Å². The van der Waals surface area contributed by atoms with Crippen LogP contribution in [0, 0.1) is 0 Å². The summed E-state index contributed by atoms with van der Waals surface area (Å²) < 4.78 is 5.30. The first-order chi connectivity index (χ1) is 6.81. The van der Waals surface area contributed by atoms with Gasteiger partial charge in [0, 0.05) is 26.1 Å². The minimum Gasteiger partial charge on any atom is -0.385 e. The first kappa shape index (κ1) is 10.2. The van der Waals surface area contributed by atoms with Gasteiger partial charge < -0.3 is 9.84 Å². The van der Waals surface area contributed by atoms with E-state index in [1.54, 1.807) is 0 Å². The number of hydrogen-bond acceptors (Lipinski definition) is 2. The molecule has 1 saturated heterocycles. The van der Waals surface area contributed by atoms with Crippen LogP contribution in [0.2, 0.25) is 0 Å². The van der Waals surface area contributed by atoms with Crippen molar-refractivity contribution in [2.24, 2.45) is 0 Å². The third-order valence-electron chi connectivity index (χ3n) is 3.46. The summed E-state index contributed by atoms with van der Waals surface area (Å²) in [4.78, 5) is 0. The van der Waals surface area contributed by atoms with E-state index in [1.807, 2.05) is 0 Å². The van der Waals surface area contributed by atoms with Gasteiger partial charge in [-0.05, 0) is 31.3 Å². The number of hydrogen-bond donors (Lipinski definition) is 1. The fourth-order valence-electron chi connectivity index (χ4n) is 2.47. The van der Waals surface area contributed by atoms with Crippen molar-refractivity contribution in [2.45, 2.75) is 50.5 Å². The van der Waals surface area contributed by atoms with E-state index in [0.717, 1.165) is 25.7 Å². The molecule has 2 aliphatic rings. The second kappa shape index (κ2) is 4.45. The standard InChI is InChI=1S/C12H20O2/c13-12(7-9-14-10-8-12)11-5-3-1-2-4-6-11/h5,13H,1-4,6-10H2. The Bertz CT molecular complexity index is 214. The quantitative estimate of drug-likeness (QED) is 0.653. The smallest absolute Gasteiger partial charge is 0.0900 e. The van der Waals surface area contributed by atoms with Crippen LogP contribution in [-0.2, 0) is 4.74 Å². The Morgan fingerprint density at radius 3 is 2.71 bits per heavy atom. The molecule has 2 nitrogen and oxygen atoms in total. The molecular formula is C12H20O2. The van der Waals surface area contributed by atoms with E-state index >= 15 is 0 Å². The summed E-state index contributed by atoms with van der Waals surface area (Å²) in [7, 11) is 0. The van der Waals surface area contributed by atoms with Crippen LogP contribution in [-0.4, -0.2) is 23.9 Å². The van der Waals surface area contributed by atoms with Gasteiger partial charge in [0.15, 0.2) is 0 Å². The van der Waals surface area contributed by atoms with E-state index < -0.39 is 5.60 Å². The van der Waals surface area contributed by atoms with Gasteiger partial charge in [-0.3, -0.25) is 0 Å². The number of aliphatic hydroxyl groups is 1. The van der Waals surface area contributed by atoms with Gasteiger partial charge >= 0.3 is 0 Å². The van der Waals surface area contributed by atoms with Crippen LogP contribution in [0.15, 0.2) is 11.6 Å². The van der Waals surface area contributed by atoms with Crippen molar-refractivity contribution in [3.05, 3.63) is 11.6 Å². The lowest BCUT2D eigenvalue weighted by Gasteiger charge is -2.34. The maximum atomic E-state index is 10.5. The molecule has 0 aromatic carbocycles. The molecular weight excluding hydrogens is 176 g/mol. The molecule has 2 rings (SSSR count). The fraction of sp³-hybridized carbons (Fsp3) is 0.833. The number of allylic oxidation sites excluding steroid dienone is 1. The monoisotopic (exact) mass is 196 g/mol. The zero-order valence-electron chi connectivity index (χ0n) is 8.80. The molecule has 0 spiro atoms. The molecule has 1 aliphatic carbocycles. The average Bonchev–Trinajstić information content (AvgIpc) is 2.47. The van der Waals surface area contributed by atoms with Crippen LogP contribution in [0.4, 0.5) is 0 Å². The minimum atomic E-state index is -0.525. The molecule has 1 heterocycles. The van der Waals surface area contributed by atoms with Crippen molar-refractivity contribution in [3.8, 4) is 0 Å². The van der Waals surface area contributed by atoms with Crippen molar-refractivity contribution in [1.29, 1.82) is 0 Å². The lowest BCUT2D eigenvalue weighted by molar-refractivity contribution is -0.0412. The van der Waals surface area contributed by atoms with Crippen molar-refractivity contribution >= 4 is 0 Å². The van der Waals surface area contributed by atoms with Crippen LogP contribution < -0.4 is 0 Å². The maximum Gasteiger partial charge on any atom is 0.0900 e. The molecule has 14 heavy (non-hydrogen) atoms. The molecule has 0 saturated carbocycles. The minimum absolute atomic E-state index is 0.525. The predicted molar refractivity (Wildman–Crippen MR) is 56.2 cm³/mol. The maximum absolute atomic E-state index is 10.5. The Morgan fingerprint density at radius 2 is 1.93 bits per heavy atom. The lowest BCUT2D eigenvalue weighted by Crippen LogP contribution is -2.38. The molecule has 0 amide bonds. The van der Waals surface area contributed by atoms with Gasteiger partial charge in [0.2, 0.25) is 0 Å². The molecule has 0 bridgehead atoms. The average molecular weight is 196 g/mol. The Labute approximate surface area is 86.0 Å². The van der Waals surface area contributed by atoms with Gasteiger partial charge in [-0.2, -0.15) is 0 Å². The number of rotatable bonds is 1. The summed E-state index contributed by atoms with van der Waals surface area (Å²) in [5, 5.41) is 10.5. The van der Waals surface area contributed by atoms with Gasteiger partial charge in [-0.15, -0.1) is 0 Å². The second-order valence-corrected chi connectivity index (χ2v) is 4.47. The molecule has 0 atom stereocenters. The molecule has 80 valence electrons. The molecule has 1 N–H and O–H groups in total. The summed E-state index contributed by atoms with van der Waals surface area (Å²) >= 11 is 0. The van der Waals surface area contributed by atoms with Gasteiger partial charge in [0.25, 0.3) is 0 Å². The molecule has 0 aromatic rings. The van der Waals surface area contributed by atoms with Crippen LogP contribution in [0.3, 0.4) is 0 Å². The van der Waals surface area contributed by atoms with E-state index in [0.29, 0.717) is 13.2 Å². The van der Waals surface area contributed by atoms with E-state index in [4.69, 9.17) is 4.74 Å². The van der Waals surface area contributed by atoms with E-state index in [1.165, 1.54) is 24.8 Å². The summed E-state index contributed by atoms with van der Waals surface area (Å²) in [6, 6.07) is 0. The Balaban J connectivity index is 2.06. The summed E-state index contributed by atoms with van der Waals surface area (Å²) in [5.41, 5.74) is 0.765. The third kappa shape index (κ3) is 2.18. The highest BCUT2D eigenvalue weighted by Gasteiger charge is 2.33. The second-order valence-electron chi connectivity index (χ2n) is 4.47. The highest BCUT2D eigenvalue weighted by Crippen LogP contribution is 2.33. The molecule has 2 heteroatoms. The Morgan fingerprint density at radius 1 is 1.14 bits per heavy atom. The lowest BCUT2D eigenvalue weighted by atomic mass is 9.83. The van der Waals surface area contributed by atoms with Crippen LogP contribution in [0.5, 0.6) is 0 Å². The Hall–Kier alpha value is -0.340. The van der Waals surface area contributed by atoms with Crippen molar-refractivity contribution in [2.75, 3.05) is 13.2 Å². The predicted octanol–water partition coefficient (Wildman–Crippen LogP) is 2.42. The first-order valence-electron chi connectivity index (χ1n) is 5.81. The molecule has 0 radical (unpaired) electrons. The van der Waals surface area contributed by atoms with Gasteiger partial charge in [0.05, 0.1) is 5.60 Å². The highest BCUT2D eigenvalue weighted by atomic mass is 16.5. The Kier molecular flexibility index (Phi) is 3.24. The third-order valence-corrected chi connectivity index (χ3v) is 3.46. The molecule has 0 unspecified atom stereocenters. The van der Waals surface area contributed by atoms with E-state index in [2.05, 4.69) is 6.08 Å². The molecule has 1 aliphatic heterocycles. The van der Waals surface area contributed by atoms with Crippen molar-refractivity contribution in [1.82, 2.24) is 0 Å². The number of ether oxygens (including phenoxy) is 1. The zero-order valence-corrected chi connectivity index (χ0v) is 8.80. The molecule has 0 aromatic heterocycles. The van der Waals surface area contributed by atoms with Crippen LogP contribution in [0.1, 0.15) is 44.9 Å². The zero-order chi connectivity index (χ0) is 9.86. The van der Waals surface area contributed by atoms with Gasteiger partial charge in [-0.1, -0.05) is 12.5 Å². The fourth-order valence-corrected chi connectivity index (χ4v) is 2.47. The highest BCUT2D eigenvalue weighted by molar-refractivity contribution is 5.18. The van der Waals surface area contributed by atoms with Gasteiger partial charge in [-0.25, -0.2) is 0 Å². The molecule has 1 fully saturated rings. The largest absolute Gasteiger partial charge is 0.385 e. The summed E-state index contributed by atoms with van der Waals surface area (Å²) in [6.45, 7) is 1.43. The van der Waals surface area contributed by atoms with Crippen LogP contribution in [0.25, 0.3) is 0 Å².